The summed E-state index contributed by atoms with van der Waals surface area (Å²) in [5, 5.41) is 3.44. The molecule has 0 atom stereocenters. The van der Waals surface area contributed by atoms with Crippen molar-refractivity contribution >= 4 is 5.69 Å². The van der Waals surface area contributed by atoms with Gasteiger partial charge < -0.3 is 10.3 Å². The lowest BCUT2D eigenvalue weighted by Crippen LogP contribution is -2.25. The number of rotatable bonds is 2. The summed E-state index contributed by atoms with van der Waals surface area (Å²) in [6.07, 6.45) is 3.60. The maximum absolute atomic E-state index is 4.24. The minimum Gasteiger partial charge on any atom is -0.380 e. The summed E-state index contributed by atoms with van der Waals surface area (Å²) >= 11 is 0. The van der Waals surface area contributed by atoms with Gasteiger partial charge in [0.1, 0.15) is 5.82 Å². The molecule has 2 N–H and O–H groups in total. The molecular formula is C13H17N3. The van der Waals surface area contributed by atoms with E-state index in [1.54, 1.807) is 6.20 Å². The highest BCUT2D eigenvalue weighted by Gasteiger charge is 2.09. The van der Waals surface area contributed by atoms with Crippen LogP contribution in [0.4, 0.5) is 5.69 Å². The van der Waals surface area contributed by atoms with Crippen LogP contribution in [0.1, 0.15) is 20.8 Å². The first-order chi connectivity index (χ1) is 7.54. The molecule has 1 aromatic carbocycles. The van der Waals surface area contributed by atoms with Gasteiger partial charge in [-0.25, -0.2) is 4.98 Å². The minimum atomic E-state index is 0.0712. The molecule has 3 nitrogen and oxygen atoms in total. The maximum Gasteiger partial charge on any atom is 0.137 e. The molecule has 0 amide bonds. The van der Waals surface area contributed by atoms with E-state index in [2.05, 4.69) is 48.2 Å². The Morgan fingerprint density at radius 3 is 2.69 bits per heavy atom. The summed E-state index contributed by atoms with van der Waals surface area (Å²) in [4.78, 5) is 7.35. The van der Waals surface area contributed by atoms with Crippen molar-refractivity contribution in [1.82, 2.24) is 9.97 Å². The molecule has 0 spiro atoms. The Labute approximate surface area is 95.9 Å². The Kier molecular flexibility index (Phi) is 2.69. The quantitative estimate of drug-likeness (QED) is 0.807. The van der Waals surface area contributed by atoms with Gasteiger partial charge in [0.2, 0.25) is 0 Å². The zero-order chi connectivity index (χ0) is 11.6. The highest BCUT2D eigenvalue weighted by molar-refractivity contribution is 5.62. The van der Waals surface area contributed by atoms with E-state index >= 15 is 0 Å². The van der Waals surface area contributed by atoms with E-state index in [0.29, 0.717) is 0 Å². The van der Waals surface area contributed by atoms with Crippen LogP contribution in [0.15, 0.2) is 36.7 Å². The standard InChI is InChI=1S/C13H17N3/c1-13(2,3)16-11-6-4-5-10(9-11)12-14-7-8-15-12/h4-9,16H,1-3H3,(H,14,15). The van der Waals surface area contributed by atoms with Crippen LogP contribution in [0.25, 0.3) is 11.4 Å². The Morgan fingerprint density at radius 2 is 2.06 bits per heavy atom. The first-order valence-corrected chi connectivity index (χ1v) is 5.43. The summed E-state index contributed by atoms with van der Waals surface area (Å²) in [5.41, 5.74) is 2.28. The Balaban J connectivity index is 2.27. The van der Waals surface area contributed by atoms with Gasteiger partial charge in [-0.3, -0.25) is 0 Å². The van der Waals surface area contributed by atoms with Crippen molar-refractivity contribution < 1.29 is 0 Å². The van der Waals surface area contributed by atoms with Crippen molar-refractivity contribution in [3.8, 4) is 11.4 Å². The average Bonchev–Trinajstić information content (AvgIpc) is 2.68. The van der Waals surface area contributed by atoms with Crippen molar-refractivity contribution in [2.24, 2.45) is 0 Å². The Bertz CT molecular complexity index is 452. The van der Waals surface area contributed by atoms with Gasteiger partial charge in [-0.05, 0) is 32.9 Å². The van der Waals surface area contributed by atoms with Crippen LogP contribution in [0.3, 0.4) is 0 Å². The lowest BCUT2D eigenvalue weighted by Gasteiger charge is -2.22. The molecular weight excluding hydrogens is 198 g/mol. The van der Waals surface area contributed by atoms with E-state index in [1.807, 2.05) is 18.3 Å². The van der Waals surface area contributed by atoms with Crippen molar-refractivity contribution in [3.63, 3.8) is 0 Å². The third kappa shape index (κ3) is 2.63. The lowest BCUT2D eigenvalue weighted by atomic mass is 10.1. The number of H-pyrrole nitrogens is 1. The maximum atomic E-state index is 4.24. The van der Waals surface area contributed by atoms with Gasteiger partial charge >= 0.3 is 0 Å². The molecule has 0 saturated carbocycles. The summed E-state index contributed by atoms with van der Waals surface area (Å²) in [7, 11) is 0. The van der Waals surface area contributed by atoms with E-state index in [0.717, 1.165) is 17.1 Å². The second-order valence-corrected chi connectivity index (χ2v) is 4.89. The van der Waals surface area contributed by atoms with E-state index in [4.69, 9.17) is 0 Å². The molecule has 1 heterocycles. The molecule has 0 aliphatic carbocycles. The fourth-order valence-corrected chi connectivity index (χ4v) is 1.60. The molecule has 0 radical (unpaired) electrons. The molecule has 1 aromatic heterocycles. The number of anilines is 1. The SMILES string of the molecule is CC(C)(C)Nc1cccc(-c2ncc[nH]2)c1. The van der Waals surface area contributed by atoms with Gasteiger partial charge in [-0.2, -0.15) is 0 Å². The van der Waals surface area contributed by atoms with E-state index in [9.17, 15) is 0 Å². The lowest BCUT2D eigenvalue weighted by molar-refractivity contribution is 0.634. The molecule has 16 heavy (non-hydrogen) atoms. The average molecular weight is 215 g/mol. The van der Waals surface area contributed by atoms with Crippen LogP contribution in [-0.4, -0.2) is 15.5 Å². The van der Waals surface area contributed by atoms with E-state index < -0.39 is 0 Å². The van der Waals surface area contributed by atoms with Gasteiger partial charge in [-0.1, -0.05) is 12.1 Å². The van der Waals surface area contributed by atoms with Gasteiger partial charge in [0.15, 0.2) is 0 Å². The molecule has 0 bridgehead atoms. The smallest absolute Gasteiger partial charge is 0.137 e. The third-order valence-corrected chi connectivity index (χ3v) is 2.15. The van der Waals surface area contributed by atoms with Crippen LogP contribution in [0.5, 0.6) is 0 Å². The summed E-state index contributed by atoms with van der Waals surface area (Å²) < 4.78 is 0. The molecule has 2 aromatic rings. The number of hydrogen-bond acceptors (Lipinski definition) is 2. The predicted molar refractivity (Wildman–Crippen MR) is 67.4 cm³/mol. The van der Waals surface area contributed by atoms with Crippen LogP contribution < -0.4 is 5.32 Å². The summed E-state index contributed by atoms with van der Waals surface area (Å²) in [6, 6.07) is 8.25. The highest BCUT2D eigenvalue weighted by Crippen LogP contribution is 2.21. The number of nitrogens with one attached hydrogen (secondary N) is 2. The summed E-state index contributed by atoms with van der Waals surface area (Å²) in [6.45, 7) is 6.44. The zero-order valence-corrected chi connectivity index (χ0v) is 9.91. The van der Waals surface area contributed by atoms with Crippen LogP contribution >= 0.6 is 0 Å². The molecule has 0 aliphatic rings. The number of benzene rings is 1. The van der Waals surface area contributed by atoms with Gasteiger partial charge in [-0.15, -0.1) is 0 Å². The normalized spacial score (nSPS) is 11.4. The zero-order valence-electron chi connectivity index (χ0n) is 9.91. The van der Waals surface area contributed by atoms with Crippen molar-refractivity contribution in [1.29, 1.82) is 0 Å². The predicted octanol–water partition coefficient (Wildman–Crippen LogP) is 3.29. The molecule has 84 valence electrons. The van der Waals surface area contributed by atoms with Crippen molar-refractivity contribution in [2.45, 2.75) is 26.3 Å². The third-order valence-electron chi connectivity index (χ3n) is 2.15. The Morgan fingerprint density at radius 1 is 1.25 bits per heavy atom. The largest absolute Gasteiger partial charge is 0.380 e. The van der Waals surface area contributed by atoms with E-state index in [1.165, 1.54) is 0 Å². The first kappa shape index (κ1) is 10.7. The second kappa shape index (κ2) is 4.00. The molecule has 3 heteroatoms. The first-order valence-electron chi connectivity index (χ1n) is 5.43. The number of nitrogens with zero attached hydrogens (tertiary/aromatic N) is 1. The minimum absolute atomic E-state index is 0.0712. The van der Waals surface area contributed by atoms with Crippen LogP contribution in [0, 0.1) is 0 Å². The van der Waals surface area contributed by atoms with Gasteiger partial charge in [0.25, 0.3) is 0 Å². The molecule has 0 unspecified atom stereocenters. The fraction of sp³-hybridized carbons (Fsp3) is 0.308. The monoisotopic (exact) mass is 215 g/mol. The Hall–Kier alpha value is -1.77. The van der Waals surface area contributed by atoms with E-state index in [-0.39, 0.29) is 5.54 Å². The van der Waals surface area contributed by atoms with Gasteiger partial charge in [0, 0.05) is 29.2 Å². The molecule has 0 fully saturated rings. The van der Waals surface area contributed by atoms with Crippen molar-refractivity contribution in [3.05, 3.63) is 36.7 Å². The number of imidazole rings is 1. The topological polar surface area (TPSA) is 40.7 Å². The molecule has 2 rings (SSSR count). The molecule has 0 saturated heterocycles. The van der Waals surface area contributed by atoms with Gasteiger partial charge in [0.05, 0.1) is 0 Å². The number of aromatic nitrogens is 2. The number of hydrogen-bond donors (Lipinski definition) is 2. The fourth-order valence-electron chi connectivity index (χ4n) is 1.60. The molecule has 0 aliphatic heterocycles. The van der Waals surface area contributed by atoms with Crippen molar-refractivity contribution in [2.75, 3.05) is 5.32 Å². The van der Waals surface area contributed by atoms with Crippen LogP contribution in [0.2, 0.25) is 0 Å². The van der Waals surface area contributed by atoms with Crippen LogP contribution in [-0.2, 0) is 0 Å². The highest BCUT2D eigenvalue weighted by atomic mass is 14.9. The summed E-state index contributed by atoms with van der Waals surface area (Å²) in [5.74, 6) is 0.901. The number of aromatic amines is 1. The second-order valence-electron chi connectivity index (χ2n) is 4.89.